The molecule has 1 aromatic rings. The van der Waals surface area contributed by atoms with E-state index in [1.165, 1.54) is 11.1 Å². The number of benzene rings is 1. The maximum absolute atomic E-state index is 9.91. The van der Waals surface area contributed by atoms with Crippen LogP contribution in [0.25, 0.3) is 0 Å². The van der Waals surface area contributed by atoms with E-state index in [2.05, 4.69) is 24.1 Å². The Morgan fingerprint density at radius 2 is 1.94 bits per heavy atom. The number of phenolic OH excluding ortho intramolecular Hbond substituents is 1. The fourth-order valence-electron chi connectivity index (χ4n) is 2.38. The first-order valence-electron chi connectivity index (χ1n) is 6.39. The lowest BCUT2D eigenvalue weighted by atomic mass is 9.99. The minimum absolute atomic E-state index is 0.447. The highest BCUT2D eigenvalue weighted by molar-refractivity contribution is 5.43. The van der Waals surface area contributed by atoms with Crippen LogP contribution in [0.5, 0.6) is 5.75 Å². The van der Waals surface area contributed by atoms with Crippen molar-refractivity contribution >= 4 is 0 Å². The largest absolute Gasteiger partial charge is 0.508 e. The summed E-state index contributed by atoms with van der Waals surface area (Å²) in [5, 5.41) is 13.3. The topological polar surface area (TPSA) is 35.5 Å². The van der Waals surface area contributed by atoms with Gasteiger partial charge in [0.15, 0.2) is 0 Å². The van der Waals surface area contributed by atoms with Crippen molar-refractivity contribution in [3.8, 4) is 5.75 Å². The molecule has 0 atom stereocenters. The van der Waals surface area contributed by atoms with E-state index in [-0.39, 0.29) is 0 Å². The van der Waals surface area contributed by atoms with Crippen LogP contribution in [0.1, 0.15) is 16.7 Å². The molecule has 1 aromatic carbocycles. The molecule has 1 aliphatic rings. The summed E-state index contributed by atoms with van der Waals surface area (Å²) in [5.74, 6) is 0.447. The van der Waals surface area contributed by atoms with E-state index in [9.17, 15) is 5.11 Å². The molecule has 0 aliphatic carbocycles. The van der Waals surface area contributed by atoms with Crippen molar-refractivity contribution in [3.05, 3.63) is 28.8 Å². The SMILES string of the molecule is Cc1ccc(O)c(CCN2CCNCC2)c1C. The van der Waals surface area contributed by atoms with Crippen molar-refractivity contribution in [1.29, 1.82) is 0 Å². The lowest BCUT2D eigenvalue weighted by molar-refractivity contribution is 0.243. The highest BCUT2D eigenvalue weighted by Crippen LogP contribution is 2.24. The summed E-state index contributed by atoms with van der Waals surface area (Å²) in [7, 11) is 0. The molecule has 1 aliphatic heterocycles. The van der Waals surface area contributed by atoms with Gasteiger partial charge in [-0.2, -0.15) is 0 Å². The normalized spacial score (nSPS) is 17.3. The van der Waals surface area contributed by atoms with E-state index in [0.29, 0.717) is 5.75 Å². The number of aromatic hydroxyl groups is 1. The predicted molar refractivity (Wildman–Crippen MR) is 70.6 cm³/mol. The van der Waals surface area contributed by atoms with E-state index in [0.717, 1.165) is 44.7 Å². The van der Waals surface area contributed by atoms with Crippen molar-refractivity contribution in [3.63, 3.8) is 0 Å². The van der Waals surface area contributed by atoms with Gasteiger partial charge in [-0.3, -0.25) is 0 Å². The third kappa shape index (κ3) is 2.99. The molecule has 2 N–H and O–H groups in total. The molecule has 0 spiro atoms. The third-order valence-corrected chi connectivity index (χ3v) is 3.73. The summed E-state index contributed by atoms with van der Waals surface area (Å²) in [6.45, 7) is 9.64. The molecular formula is C14H22N2O. The Kier molecular flexibility index (Phi) is 4.02. The molecule has 2 rings (SSSR count). The molecular weight excluding hydrogens is 212 g/mol. The van der Waals surface area contributed by atoms with Gasteiger partial charge in [-0.1, -0.05) is 6.07 Å². The van der Waals surface area contributed by atoms with Crippen LogP contribution < -0.4 is 5.32 Å². The van der Waals surface area contributed by atoms with Gasteiger partial charge in [0.25, 0.3) is 0 Å². The molecule has 0 bridgehead atoms. The van der Waals surface area contributed by atoms with Crippen LogP contribution in [0.15, 0.2) is 12.1 Å². The zero-order chi connectivity index (χ0) is 12.3. The van der Waals surface area contributed by atoms with Gasteiger partial charge in [0.05, 0.1) is 0 Å². The van der Waals surface area contributed by atoms with Gasteiger partial charge in [0.1, 0.15) is 5.75 Å². The van der Waals surface area contributed by atoms with Crippen molar-refractivity contribution in [2.75, 3.05) is 32.7 Å². The molecule has 1 heterocycles. The number of aryl methyl sites for hydroxylation is 1. The second kappa shape index (κ2) is 5.52. The van der Waals surface area contributed by atoms with Crippen LogP contribution in [0.3, 0.4) is 0 Å². The fourth-order valence-corrected chi connectivity index (χ4v) is 2.38. The smallest absolute Gasteiger partial charge is 0.119 e. The molecule has 1 saturated heterocycles. The molecule has 0 unspecified atom stereocenters. The molecule has 0 aromatic heterocycles. The Hall–Kier alpha value is -1.06. The van der Waals surface area contributed by atoms with Crippen LogP contribution in [0.4, 0.5) is 0 Å². The van der Waals surface area contributed by atoms with Gasteiger partial charge in [-0.05, 0) is 43.0 Å². The highest BCUT2D eigenvalue weighted by atomic mass is 16.3. The van der Waals surface area contributed by atoms with E-state index in [1.807, 2.05) is 12.1 Å². The Morgan fingerprint density at radius 1 is 1.24 bits per heavy atom. The average molecular weight is 234 g/mol. The number of nitrogens with one attached hydrogen (secondary N) is 1. The monoisotopic (exact) mass is 234 g/mol. The molecule has 0 amide bonds. The zero-order valence-electron chi connectivity index (χ0n) is 10.8. The number of nitrogens with zero attached hydrogens (tertiary/aromatic N) is 1. The maximum atomic E-state index is 9.91. The van der Waals surface area contributed by atoms with Gasteiger partial charge in [-0.15, -0.1) is 0 Å². The van der Waals surface area contributed by atoms with Gasteiger partial charge in [-0.25, -0.2) is 0 Å². The Morgan fingerprint density at radius 3 is 2.65 bits per heavy atom. The summed E-state index contributed by atoms with van der Waals surface area (Å²) in [4.78, 5) is 2.46. The Labute approximate surface area is 103 Å². The summed E-state index contributed by atoms with van der Waals surface area (Å²) in [6.07, 6.45) is 0.944. The number of hydrogen-bond acceptors (Lipinski definition) is 3. The van der Waals surface area contributed by atoms with Crippen molar-refractivity contribution in [2.45, 2.75) is 20.3 Å². The highest BCUT2D eigenvalue weighted by Gasteiger charge is 2.12. The first-order chi connectivity index (χ1) is 8.18. The number of piperazine rings is 1. The molecule has 3 heteroatoms. The second-order valence-corrected chi connectivity index (χ2v) is 4.85. The van der Waals surface area contributed by atoms with Gasteiger partial charge >= 0.3 is 0 Å². The molecule has 0 radical (unpaired) electrons. The molecule has 0 saturated carbocycles. The van der Waals surface area contributed by atoms with Crippen LogP contribution >= 0.6 is 0 Å². The Bertz CT molecular complexity index is 384. The molecule has 17 heavy (non-hydrogen) atoms. The number of rotatable bonds is 3. The Balaban J connectivity index is 2.00. The van der Waals surface area contributed by atoms with Gasteiger partial charge in [0, 0.05) is 32.7 Å². The first kappa shape index (κ1) is 12.4. The fraction of sp³-hybridized carbons (Fsp3) is 0.571. The summed E-state index contributed by atoms with van der Waals surface area (Å²) >= 11 is 0. The van der Waals surface area contributed by atoms with E-state index in [4.69, 9.17) is 0 Å². The first-order valence-corrected chi connectivity index (χ1v) is 6.39. The van der Waals surface area contributed by atoms with Crippen LogP contribution in [-0.4, -0.2) is 42.7 Å². The third-order valence-electron chi connectivity index (χ3n) is 3.73. The second-order valence-electron chi connectivity index (χ2n) is 4.85. The van der Waals surface area contributed by atoms with Gasteiger partial charge < -0.3 is 15.3 Å². The quantitative estimate of drug-likeness (QED) is 0.831. The van der Waals surface area contributed by atoms with Crippen molar-refractivity contribution in [1.82, 2.24) is 10.2 Å². The van der Waals surface area contributed by atoms with Crippen LogP contribution in [0, 0.1) is 13.8 Å². The molecule has 1 fully saturated rings. The molecule has 94 valence electrons. The van der Waals surface area contributed by atoms with E-state index >= 15 is 0 Å². The molecule has 3 nitrogen and oxygen atoms in total. The van der Waals surface area contributed by atoms with Crippen molar-refractivity contribution in [2.24, 2.45) is 0 Å². The van der Waals surface area contributed by atoms with E-state index in [1.54, 1.807) is 0 Å². The maximum Gasteiger partial charge on any atom is 0.119 e. The lowest BCUT2D eigenvalue weighted by Gasteiger charge is -2.27. The minimum atomic E-state index is 0.447. The average Bonchev–Trinajstić information content (AvgIpc) is 2.35. The standard InChI is InChI=1S/C14H22N2O/c1-11-3-4-14(17)13(12(11)2)5-8-16-9-6-15-7-10-16/h3-4,15,17H,5-10H2,1-2H3. The summed E-state index contributed by atoms with van der Waals surface area (Å²) < 4.78 is 0. The number of phenols is 1. The van der Waals surface area contributed by atoms with Crippen LogP contribution in [-0.2, 0) is 6.42 Å². The van der Waals surface area contributed by atoms with Crippen molar-refractivity contribution < 1.29 is 5.11 Å². The van der Waals surface area contributed by atoms with E-state index < -0.39 is 0 Å². The predicted octanol–water partition coefficient (Wildman–Crippen LogP) is 1.46. The summed E-state index contributed by atoms with van der Waals surface area (Å²) in [5.41, 5.74) is 3.61. The summed E-state index contributed by atoms with van der Waals surface area (Å²) in [6, 6.07) is 3.80. The van der Waals surface area contributed by atoms with Crippen LogP contribution in [0.2, 0.25) is 0 Å². The minimum Gasteiger partial charge on any atom is -0.508 e. The zero-order valence-corrected chi connectivity index (χ0v) is 10.8. The number of hydrogen-bond donors (Lipinski definition) is 2. The van der Waals surface area contributed by atoms with Gasteiger partial charge in [0.2, 0.25) is 0 Å². The lowest BCUT2D eigenvalue weighted by Crippen LogP contribution is -2.44.